The number of likely N-dealkylation sites (N-methyl/N-ethyl adjacent to an activating group) is 1. The molecule has 9 nitrogen and oxygen atoms in total. The van der Waals surface area contributed by atoms with Crippen LogP contribution in [0.5, 0.6) is 11.5 Å². The van der Waals surface area contributed by atoms with Crippen molar-refractivity contribution >= 4 is 33.5 Å². The van der Waals surface area contributed by atoms with Gasteiger partial charge in [-0.2, -0.15) is 0 Å². The van der Waals surface area contributed by atoms with Crippen LogP contribution in [0.15, 0.2) is 47.4 Å². The Morgan fingerprint density at radius 2 is 1.94 bits per heavy atom. The molecule has 1 amide bonds. The normalized spacial score (nSPS) is 15.3. The van der Waals surface area contributed by atoms with E-state index in [1.807, 2.05) is 12.1 Å². The number of amides is 1. The van der Waals surface area contributed by atoms with Gasteiger partial charge in [-0.1, -0.05) is 23.7 Å². The number of sulfonamides is 1. The van der Waals surface area contributed by atoms with Crippen molar-refractivity contribution in [2.24, 2.45) is 0 Å². The number of fused-ring (bicyclic) bond motifs is 1. The Balaban J connectivity index is 1.57. The van der Waals surface area contributed by atoms with Crippen LogP contribution in [0.4, 0.5) is 0 Å². The number of hydrogen-bond donors (Lipinski definition) is 1. The lowest BCUT2D eigenvalue weighted by atomic mass is 10.2. The van der Waals surface area contributed by atoms with E-state index in [1.54, 1.807) is 19.2 Å². The van der Waals surface area contributed by atoms with Crippen molar-refractivity contribution in [1.82, 2.24) is 9.62 Å². The monoisotopic (exact) mass is 468 g/mol. The van der Waals surface area contributed by atoms with Crippen molar-refractivity contribution in [2.75, 3.05) is 33.9 Å². The van der Waals surface area contributed by atoms with Crippen LogP contribution in [-0.4, -0.2) is 65.2 Å². The highest BCUT2D eigenvalue weighted by Gasteiger charge is 2.25. The Labute approximate surface area is 184 Å². The number of halogens is 1. The van der Waals surface area contributed by atoms with Crippen LogP contribution in [0, 0.1) is 0 Å². The number of ether oxygens (including phenoxy) is 3. The molecule has 1 unspecified atom stereocenters. The molecule has 1 N–H and O–H groups in total. The third kappa shape index (κ3) is 5.46. The van der Waals surface area contributed by atoms with E-state index in [0.717, 1.165) is 6.07 Å². The van der Waals surface area contributed by atoms with Crippen molar-refractivity contribution in [3.63, 3.8) is 0 Å². The van der Waals surface area contributed by atoms with E-state index >= 15 is 0 Å². The molecular formula is C20H21ClN2O7S. The first-order chi connectivity index (χ1) is 14.7. The van der Waals surface area contributed by atoms with Gasteiger partial charge in [-0.3, -0.25) is 4.79 Å². The molecule has 0 spiro atoms. The van der Waals surface area contributed by atoms with Gasteiger partial charge in [-0.25, -0.2) is 17.9 Å². The fraction of sp³-hybridized carbons (Fsp3) is 0.300. The first kappa shape index (κ1) is 22.9. The smallest absolute Gasteiger partial charge is 0.340 e. The number of para-hydroxylation sites is 2. The minimum atomic E-state index is -3.77. The summed E-state index contributed by atoms with van der Waals surface area (Å²) in [6.45, 7) is -0.0447. The molecule has 1 aliphatic heterocycles. The molecule has 31 heavy (non-hydrogen) atoms. The highest BCUT2D eigenvalue weighted by atomic mass is 35.5. The van der Waals surface area contributed by atoms with E-state index in [-0.39, 0.29) is 34.7 Å². The van der Waals surface area contributed by atoms with Gasteiger partial charge in [0.05, 0.1) is 22.0 Å². The number of nitrogens with one attached hydrogen (secondary N) is 1. The van der Waals surface area contributed by atoms with Crippen LogP contribution < -0.4 is 14.2 Å². The van der Waals surface area contributed by atoms with E-state index in [2.05, 4.69) is 4.72 Å². The van der Waals surface area contributed by atoms with Crippen LogP contribution in [0.2, 0.25) is 5.02 Å². The topological polar surface area (TPSA) is 111 Å². The summed E-state index contributed by atoms with van der Waals surface area (Å²) in [6.07, 6.45) is -0.377. The molecule has 0 bridgehead atoms. The quantitative estimate of drug-likeness (QED) is 0.615. The second-order valence-electron chi connectivity index (χ2n) is 6.70. The molecule has 11 heteroatoms. The Kier molecular flexibility index (Phi) is 7.04. The molecule has 0 saturated heterocycles. The molecular weight excluding hydrogens is 448 g/mol. The standard InChI is InChI=1S/C20H21ClN2O7S/c1-22-31(26,27)14-7-8-16(21)15(9-14)20(25)29-12-19(24)23(2)10-13-11-28-17-5-3-4-6-18(17)30-13/h3-9,13,22H,10-12H2,1-2H3. The number of nitrogens with zero attached hydrogens (tertiary/aromatic N) is 1. The van der Waals surface area contributed by atoms with E-state index < -0.39 is 28.5 Å². The highest BCUT2D eigenvalue weighted by Crippen LogP contribution is 2.31. The maximum Gasteiger partial charge on any atom is 0.340 e. The molecule has 166 valence electrons. The Morgan fingerprint density at radius 1 is 1.23 bits per heavy atom. The lowest BCUT2D eigenvalue weighted by molar-refractivity contribution is -0.134. The zero-order chi connectivity index (χ0) is 22.6. The van der Waals surface area contributed by atoms with E-state index in [0.29, 0.717) is 11.5 Å². The second kappa shape index (κ2) is 9.54. The SMILES string of the molecule is CNS(=O)(=O)c1ccc(Cl)c(C(=O)OCC(=O)N(C)CC2COc3ccccc3O2)c1. The summed E-state index contributed by atoms with van der Waals surface area (Å²) in [5, 5.41) is 0.00674. The zero-order valence-corrected chi connectivity index (χ0v) is 18.4. The molecule has 0 aliphatic carbocycles. The van der Waals surface area contributed by atoms with Gasteiger partial charge in [0.1, 0.15) is 6.61 Å². The van der Waals surface area contributed by atoms with E-state index in [4.69, 9.17) is 25.8 Å². The number of carbonyl (C=O) groups is 2. The number of hydrogen-bond acceptors (Lipinski definition) is 7. The summed E-state index contributed by atoms with van der Waals surface area (Å²) < 4.78 is 42.5. The van der Waals surface area contributed by atoms with Gasteiger partial charge in [-0.15, -0.1) is 0 Å². The second-order valence-corrected chi connectivity index (χ2v) is 8.99. The first-order valence-corrected chi connectivity index (χ1v) is 11.1. The number of esters is 1. The maximum atomic E-state index is 12.4. The Bertz CT molecular complexity index is 1090. The molecule has 0 aromatic heterocycles. The molecule has 0 saturated carbocycles. The van der Waals surface area contributed by atoms with Crippen LogP contribution in [0.1, 0.15) is 10.4 Å². The summed E-state index contributed by atoms with van der Waals surface area (Å²) in [5.41, 5.74) is -0.158. The minimum absolute atomic E-state index is 0.00674. The molecule has 1 aliphatic rings. The third-order valence-corrected chi connectivity index (χ3v) is 6.28. The third-order valence-electron chi connectivity index (χ3n) is 4.53. The fourth-order valence-electron chi connectivity index (χ4n) is 2.82. The number of benzene rings is 2. The molecule has 0 fully saturated rings. The van der Waals surface area contributed by atoms with Crippen LogP contribution >= 0.6 is 11.6 Å². The van der Waals surface area contributed by atoms with Gasteiger partial charge >= 0.3 is 5.97 Å². The lowest BCUT2D eigenvalue weighted by Gasteiger charge is -2.29. The average molecular weight is 469 g/mol. The van der Waals surface area contributed by atoms with Crippen molar-refractivity contribution in [2.45, 2.75) is 11.0 Å². The largest absolute Gasteiger partial charge is 0.486 e. The van der Waals surface area contributed by atoms with Gasteiger partial charge < -0.3 is 19.1 Å². The molecule has 2 aromatic rings. The first-order valence-electron chi connectivity index (χ1n) is 9.24. The van der Waals surface area contributed by atoms with Crippen LogP contribution in [0.3, 0.4) is 0 Å². The van der Waals surface area contributed by atoms with Crippen LogP contribution in [0.25, 0.3) is 0 Å². The summed E-state index contributed by atoms with van der Waals surface area (Å²) in [5.74, 6) is -0.143. The maximum absolute atomic E-state index is 12.4. The van der Waals surface area contributed by atoms with Crippen molar-refractivity contribution in [1.29, 1.82) is 0 Å². The lowest BCUT2D eigenvalue weighted by Crippen LogP contribution is -2.43. The van der Waals surface area contributed by atoms with E-state index in [1.165, 1.54) is 24.1 Å². The molecule has 1 heterocycles. The zero-order valence-electron chi connectivity index (χ0n) is 16.8. The Hall–Kier alpha value is -2.82. The number of rotatable bonds is 7. The molecule has 0 radical (unpaired) electrons. The molecule has 2 aromatic carbocycles. The summed E-state index contributed by atoms with van der Waals surface area (Å²) in [7, 11) is -0.976. The van der Waals surface area contributed by atoms with E-state index in [9.17, 15) is 18.0 Å². The summed E-state index contributed by atoms with van der Waals surface area (Å²) >= 11 is 5.99. The summed E-state index contributed by atoms with van der Waals surface area (Å²) in [4.78, 5) is 25.9. The molecule has 3 rings (SSSR count). The van der Waals surface area contributed by atoms with Gasteiger partial charge in [0, 0.05) is 7.05 Å². The number of carbonyl (C=O) groups excluding carboxylic acids is 2. The molecule has 1 atom stereocenters. The summed E-state index contributed by atoms with van der Waals surface area (Å²) in [6, 6.07) is 10.8. The van der Waals surface area contributed by atoms with Crippen molar-refractivity contribution in [3.05, 3.63) is 53.1 Å². The van der Waals surface area contributed by atoms with Gasteiger partial charge in [0.2, 0.25) is 10.0 Å². The van der Waals surface area contributed by atoms with Gasteiger partial charge in [-0.05, 0) is 37.4 Å². The minimum Gasteiger partial charge on any atom is -0.486 e. The average Bonchev–Trinajstić information content (AvgIpc) is 2.77. The van der Waals surface area contributed by atoms with Gasteiger partial charge in [0.25, 0.3) is 5.91 Å². The fourth-order valence-corrected chi connectivity index (χ4v) is 3.77. The predicted octanol–water partition coefficient (Wildman–Crippen LogP) is 1.70. The van der Waals surface area contributed by atoms with Crippen molar-refractivity contribution < 1.29 is 32.2 Å². The van der Waals surface area contributed by atoms with Crippen molar-refractivity contribution in [3.8, 4) is 11.5 Å². The Morgan fingerprint density at radius 3 is 2.65 bits per heavy atom. The predicted molar refractivity (Wildman–Crippen MR) is 112 cm³/mol. The highest BCUT2D eigenvalue weighted by molar-refractivity contribution is 7.89. The van der Waals surface area contributed by atoms with Crippen LogP contribution in [-0.2, 0) is 19.6 Å². The van der Waals surface area contributed by atoms with Gasteiger partial charge in [0.15, 0.2) is 24.2 Å².